The zero-order chi connectivity index (χ0) is 17.4. The molecule has 0 fully saturated rings. The van der Waals surface area contributed by atoms with Crippen LogP contribution in [0, 0.1) is 12.7 Å². The van der Waals surface area contributed by atoms with E-state index in [1.165, 1.54) is 12.1 Å². The molecule has 0 heterocycles. The van der Waals surface area contributed by atoms with E-state index in [4.69, 9.17) is 9.47 Å². The zero-order valence-corrected chi connectivity index (χ0v) is 13.9. The van der Waals surface area contributed by atoms with E-state index in [2.05, 4.69) is 5.32 Å². The first kappa shape index (κ1) is 17.8. The van der Waals surface area contributed by atoms with Crippen LogP contribution in [0.5, 0.6) is 11.5 Å². The minimum Gasteiger partial charge on any atom is -0.492 e. The number of hydrogen-bond donors (Lipinski definition) is 1. The van der Waals surface area contributed by atoms with E-state index >= 15 is 0 Å². The van der Waals surface area contributed by atoms with Gasteiger partial charge in [0.15, 0.2) is 6.10 Å². The van der Waals surface area contributed by atoms with E-state index in [-0.39, 0.29) is 11.7 Å². The van der Waals surface area contributed by atoms with E-state index in [9.17, 15) is 9.18 Å². The van der Waals surface area contributed by atoms with Crippen molar-refractivity contribution in [2.24, 2.45) is 0 Å². The van der Waals surface area contributed by atoms with Crippen LogP contribution in [0.3, 0.4) is 0 Å². The highest BCUT2D eigenvalue weighted by molar-refractivity contribution is 5.81. The Balaban J connectivity index is 1.75. The van der Waals surface area contributed by atoms with Crippen molar-refractivity contribution in [3.8, 4) is 11.5 Å². The lowest BCUT2D eigenvalue weighted by Gasteiger charge is -2.17. The first-order valence-electron chi connectivity index (χ1n) is 7.98. The lowest BCUT2D eigenvalue weighted by atomic mass is 10.2. The summed E-state index contributed by atoms with van der Waals surface area (Å²) in [7, 11) is 0. The highest BCUT2D eigenvalue weighted by Crippen LogP contribution is 2.15. The third-order valence-corrected chi connectivity index (χ3v) is 3.45. The van der Waals surface area contributed by atoms with Gasteiger partial charge in [-0.25, -0.2) is 4.39 Å². The molecule has 0 bridgehead atoms. The summed E-state index contributed by atoms with van der Waals surface area (Å²) in [6, 6.07) is 13.3. The fourth-order valence-corrected chi connectivity index (χ4v) is 2.09. The molecule has 0 aliphatic heterocycles. The Morgan fingerprint density at radius 1 is 1.08 bits per heavy atom. The number of hydrogen-bond acceptors (Lipinski definition) is 3. The van der Waals surface area contributed by atoms with Crippen molar-refractivity contribution < 1.29 is 18.7 Å². The summed E-state index contributed by atoms with van der Waals surface area (Å²) in [6.45, 7) is 4.55. The Labute approximate surface area is 141 Å². The van der Waals surface area contributed by atoms with Crippen molar-refractivity contribution in [3.63, 3.8) is 0 Å². The largest absolute Gasteiger partial charge is 0.492 e. The van der Waals surface area contributed by atoms with E-state index < -0.39 is 6.10 Å². The second kappa shape index (κ2) is 8.91. The summed E-state index contributed by atoms with van der Waals surface area (Å²) in [5, 5.41) is 2.78. The van der Waals surface area contributed by atoms with Crippen LogP contribution in [-0.4, -0.2) is 25.2 Å². The van der Waals surface area contributed by atoms with Gasteiger partial charge >= 0.3 is 0 Å². The number of aryl methyl sites for hydroxylation is 1. The molecule has 24 heavy (non-hydrogen) atoms. The molecule has 0 saturated heterocycles. The van der Waals surface area contributed by atoms with Gasteiger partial charge in [0.1, 0.15) is 23.9 Å². The van der Waals surface area contributed by atoms with Gasteiger partial charge in [0.25, 0.3) is 5.91 Å². The van der Waals surface area contributed by atoms with Gasteiger partial charge in [-0.15, -0.1) is 0 Å². The topological polar surface area (TPSA) is 47.6 Å². The van der Waals surface area contributed by atoms with Crippen LogP contribution >= 0.6 is 0 Å². The Bertz CT molecular complexity index is 641. The molecule has 0 aliphatic rings. The van der Waals surface area contributed by atoms with Crippen molar-refractivity contribution >= 4 is 5.91 Å². The van der Waals surface area contributed by atoms with Gasteiger partial charge in [-0.05, 0) is 49.7 Å². The van der Waals surface area contributed by atoms with Crippen LogP contribution in [0.4, 0.5) is 4.39 Å². The maximum Gasteiger partial charge on any atom is 0.261 e. The zero-order valence-electron chi connectivity index (χ0n) is 13.9. The second-order valence-electron chi connectivity index (χ2n) is 5.42. The highest BCUT2D eigenvalue weighted by Gasteiger charge is 2.17. The van der Waals surface area contributed by atoms with Crippen LogP contribution in [0.1, 0.15) is 18.9 Å². The molecule has 2 rings (SSSR count). The second-order valence-corrected chi connectivity index (χ2v) is 5.42. The average Bonchev–Trinajstić information content (AvgIpc) is 2.59. The van der Waals surface area contributed by atoms with Crippen molar-refractivity contribution in [2.45, 2.75) is 26.4 Å². The van der Waals surface area contributed by atoms with Gasteiger partial charge < -0.3 is 14.8 Å². The molecule has 0 spiro atoms. The Kier molecular flexibility index (Phi) is 6.61. The van der Waals surface area contributed by atoms with Crippen LogP contribution in [0.25, 0.3) is 0 Å². The number of nitrogens with one attached hydrogen (secondary N) is 1. The third kappa shape index (κ3) is 5.57. The minimum atomic E-state index is -0.543. The summed E-state index contributed by atoms with van der Waals surface area (Å²) in [4.78, 5) is 12.2. The molecule has 0 aromatic heterocycles. The van der Waals surface area contributed by atoms with Crippen molar-refractivity contribution in [3.05, 3.63) is 59.9 Å². The summed E-state index contributed by atoms with van der Waals surface area (Å²) < 4.78 is 23.9. The Morgan fingerprint density at radius 3 is 2.33 bits per heavy atom. The lowest BCUT2D eigenvalue weighted by Crippen LogP contribution is -2.39. The van der Waals surface area contributed by atoms with Crippen LogP contribution in [0.2, 0.25) is 0 Å². The van der Waals surface area contributed by atoms with E-state index in [1.807, 2.05) is 38.1 Å². The molecule has 1 unspecified atom stereocenters. The molecule has 128 valence electrons. The first-order valence-corrected chi connectivity index (χ1v) is 7.98. The van der Waals surface area contributed by atoms with Gasteiger partial charge in [0, 0.05) is 0 Å². The number of halogens is 1. The van der Waals surface area contributed by atoms with E-state index in [0.717, 1.165) is 5.56 Å². The summed E-state index contributed by atoms with van der Waals surface area (Å²) in [5.74, 6) is 0.745. The lowest BCUT2D eigenvalue weighted by molar-refractivity contribution is -0.128. The normalized spacial score (nSPS) is 11.6. The number of rotatable bonds is 8. The maximum absolute atomic E-state index is 12.8. The molecule has 0 radical (unpaired) electrons. The molecule has 5 heteroatoms. The van der Waals surface area contributed by atoms with Crippen LogP contribution in [0.15, 0.2) is 48.5 Å². The van der Waals surface area contributed by atoms with Gasteiger partial charge in [0.05, 0.1) is 6.54 Å². The summed E-state index contributed by atoms with van der Waals surface area (Å²) in [6.07, 6.45) is 0.0250. The number of ether oxygens (including phenoxy) is 2. The molecule has 1 amide bonds. The van der Waals surface area contributed by atoms with Crippen LogP contribution in [-0.2, 0) is 4.79 Å². The van der Waals surface area contributed by atoms with E-state index in [1.54, 1.807) is 12.1 Å². The molecule has 0 aliphatic carbocycles. The van der Waals surface area contributed by atoms with Gasteiger partial charge in [-0.1, -0.05) is 24.6 Å². The van der Waals surface area contributed by atoms with Crippen LogP contribution < -0.4 is 14.8 Å². The predicted octanol–water partition coefficient (Wildman–Crippen LogP) is 3.49. The van der Waals surface area contributed by atoms with Crippen molar-refractivity contribution in [1.82, 2.24) is 5.32 Å². The SMILES string of the molecule is CCC(Oc1ccc(C)cc1)C(=O)NCCOc1ccc(F)cc1. The van der Waals surface area contributed by atoms with Gasteiger partial charge in [-0.2, -0.15) is 0 Å². The van der Waals surface area contributed by atoms with Gasteiger partial charge in [0.2, 0.25) is 0 Å². The molecule has 2 aromatic rings. The fourth-order valence-electron chi connectivity index (χ4n) is 2.09. The molecule has 4 nitrogen and oxygen atoms in total. The summed E-state index contributed by atoms with van der Waals surface area (Å²) >= 11 is 0. The smallest absolute Gasteiger partial charge is 0.261 e. The summed E-state index contributed by atoms with van der Waals surface area (Å²) in [5.41, 5.74) is 1.14. The molecule has 1 N–H and O–H groups in total. The first-order chi connectivity index (χ1) is 11.6. The van der Waals surface area contributed by atoms with Crippen molar-refractivity contribution in [2.75, 3.05) is 13.2 Å². The fraction of sp³-hybridized carbons (Fsp3) is 0.316. The van der Waals surface area contributed by atoms with Crippen molar-refractivity contribution in [1.29, 1.82) is 0 Å². The standard InChI is InChI=1S/C19H22FNO3/c1-3-18(24-17-8-4-14(2)5-9-17)19(22)21-12-13-23-16-10-6-15(20)7-11-16/h4-11,18H,3,12-13H2,1-2H3,(H,21,22). The predicted molar refractivity (Wildman–Crippen MR) is 90.8 cm³/mol. The molecule has 2 aromatic carbocycles. The molecule has 1 atom stereocenters. The third-order valence-electron chi connectivity index (χ3n) is 3.45. The minimum absolute atomic E-state index is 0.180. The molecular weight excluding hydrogens is 309 g/mol. The van der Waals surface area contributed by atoms with E-state index in [0.29, 0.717) is 31.1 Å². The number of carbonyl (C=O) groups excluding carboxylic acids is 1. The molecular formula is C19H22FNO3. The Morgan fingerprint density at radius 2 is 1.71 bits per heavy atom. The highest BCUT2D eigenvalue weighted by atomic mass is 19.1. The number of carbonyl (C=O) groups is 1. The van der Waals surface area contributed by atoms with Gasteiger partial charge in [-0.3, -0.25) is 4.79 Å². The number of amides is 1. The molecule has 0 saturated carbocycles. The average molecular weight is 331 g/mol. The Hall–Kier alpha value is -2.56. The monoisotopic (exact) mass is 331 g/mol. The quantitative estimate of drug-likeness (QED) is 0.753. The maximum atomic E-state index is 12.8. The number of benzene rings is 2.